The monoisotopic (exact) mass is 419 g/mol. The molecule has 1 saturated carbocycles. The fourth-order valence-electron chi connectivity index (χ4n) is 4.40. The van der Waals surface area contributed by atoms with E-state index < -0.39 is 0 Å². The molecule has 3 aliphatic rings. The predicted molar refractivity (Wildman–Crippen MR) is 129 cm³/mol. The number of hydrogen-bond acceptors (Lipinski definition) is 5. The van der Waals surface area contributed by atoms with E-state index in [0.717, 1.165) is 43.5 Å². The van der Waals surface area contributed by atoms with Gasteiger partial charge in [-0.15, -0.1) is 0 Å². The lowest BCUT2D eigenvalue weighted by atomic mass is 9.89. The van der Waals surface area contributed by atoms with E-state index in [1.807, 2.05) is 17.9 Å². The summed E-state index contributed by atoms with van der Waals surface area (Å²) in [6.45, 7) is 15.1. The normalized spacial score (nSPS) is 26.0. The summed E-state index contributed by atoms with van der Waals surface area (Å²) in [5.41, 5.74) is 4.91. The van der Waals surface area contributed by atoms with Gasteiger partial charge >= 0.3 is 0 Å². The van der Waals surface area contributed by atoms with Crippen molar-refractivity contribution in [3.63, 3.8) is 0 Å². The second kappa shape index (κ2) is 10.4. The second-order valence-corrected chi connectivity index (χ2v) is 8.03. The smallest absolute Gasteiger partial charge is 0.270 e. The van der Waals surface area contributed by atoms with Gasteiger partial charge in [-0.05, 0) is 62.0 Å². The Balaban J connectivity index is 1.60. The number of rotatable bonds is 7. The van der Waals surface area contributed by atoms with Crippen molar-refractivity contribution in [2.75, 3.05) is 20.1 Å². The first kappa shape index (κ1) is 22.7. The molecule has 164 valence electrons. The van der Waals surface area contributed by atoms with Crippen LogP contribution in [0, 0.1) is 0 Å². The molecule has 31 heavy (non-hydrogen) atoms. The van der Waals surface area contributed by atoms with Gasteiger partial charge in [0.2, 0.25) is 0 Å². The van der Waals surface area contributed by atoms with Gasteiger partial charge in [0.15, 0.2) is 0 Å². The van der Waals surface area contributed by atoms with Gasteiger partial charge in [0, 0.05) is 38.4 Å². The van der Waals surface area contributed by atoms with Crippen LogP contribution in [0.25, 0.3) is 0 Å². The topological polar surface area (TPSA) is 69.1 Å². The number of carbonyl (C=O) groups excluding carboxylic acids is 1. The van der Waals surface area contributed by atoms with Crippen LogP contribution in [-0.2, 0) is 4.79 Å². The summed E-state index contributed by atoms with van der Waals surface area (Å²) < 4.78 is 0. The van der Waals surface area contributed by atoms with Crippen LogP contribution in [0.4, 0.5) is 0 Å². The zero-order chi connectivity index (χ0) is 22.4. The number of carbonyl (C=O) groups is 1. The molecule has 0 aromatic heterocycles. The molecular weight excluding hydrogens is 386 g/mol. The third-order valence-electron chi connectivity index (χ3n) is 6.01. The van der Waals surface area contributed by atoms with E-state index in [1.54, 1.807) is 13.1 Å². The molecule has 2 aliphatic carbocycles. The van der Waals surface area contributed by atoms with E-state index in [1.165, 1.54) is 11.8 Å². The van der Waals surface area contributed by atoms with E-state index in [9.17, 15) is 4.79 Å². The highest BCUT2D eigenvalue weighted by molar-refractivity contribution is 6.16. The fraction of sp³-hybridized carbons (Fsp3) is 0.400. The molecule has 3 rings (SSSR count). The summed E-state index contributed by atoms with van der Waals surface area (Å²) in [5.74, 6) is 0.00386. The Hall–Kier alpha value is -2.99. The van der Waals surface area contributed by atoms with Gasteiger partial charge in [-0.25, -0.2) is 0 Å². The number of nitrogens with zero attached hydrogens (tertiary/aromatic N) is 3. The standard InChI is InChI=1S/C25H33N5O/c1-6-27-23-15-24(29-18(23)4)25(31)30(7-2)21-10-8-9-20(14-21)28-16-19-11-12-22(26-5)17(3)13-19/h6,11-13,15,20-21,28-29H,1,3-4,7-10,14,16H2,2,5H3/b26-22-,27-23-/t20-,21+/m1/s1. The third kappa shape index (κ3) is 5.39. The fourth-order valence-corrected chi connectivity index (χ4v) is 4.40. The van der Waals surface area contributed by atoms with Crippen molar-refractivity contribution >= 4 is 17.3 Å². The molecule has 1 amide bonds. The van der Waals surface area contributed by atoms with Crippen molar-refractivity contribution in [1.29, 1.82) is 0 Å². The first-order valence-corrected chi connectivity index (χ1v) is 10.9. The van der Waals surface area contributed by atoms with E-state index in [-0.39, 0.29) is 11.9 Å². The Morgan fingerprint density at radius 1 is 1.29 bits per heavy atom. The van der Waals surface area contributed by atoms with Crippen molar-refractivity contribution in [3.05, 3.63) is 72.8 Å². The minimum atomic E-state index is 0.00386. The van der Waals surface area contributed by atoms with Crippen LogP contribution in [0.5, 0.6) is 0 Å². The average molecular weight is 420 g/mol. The Bertz CT molecular complexity index is 918. The highest BCUT2D eigenvalue weighted by Gasteiger charge is 2.32. The maximum absolute atomic E-state index is 13.2. The van der Waals surface area contributed by atoms with Gasteiger partial charge in [-0.2, -0.15) is 0 Å². The average Bonchev–Trinajstić information content (AvgIpc) is 3.14. The molecule has 2 N–H and O–H groups in total. The molecule has 0 unspecified atom stereocenters. The van der Waals surface area contributed by atoms with Gasteiger partial charge in [-0.1, -0.05) is 25.8 Å². The number of aliphatic imine (C=N–C) groups is 2. The molecule has 2 atom stereocenters. The SMILES string of the molecule is C=C/N=C1/C=C(C(=O)N(CC)[C@H]2CCC[C@@H](NCC3=CC(=C)/C(=N\C)C=C3)C2)NC1=C. The first-order chi connectivity index (χ1) is 15.0. The van der Waals surface area contributed by atoms with Crippen LogP contribution < -0.4 is 10.6 Å². The highest BCUT2D eigenvalue weighted by atomic mass is 16.2. The summed E-state index contributed by atoms with van der Waals surface area (Å²) >= 11 is 0. The molecule has 0 saturated heterocycles. The second-order valence-electron chi connectivity index (χ2n) is 8.03. The van der Waals surface area contributed by atoms with Crippen LogP contribution >= 0.6 is 0 Å². The summed E-state index contributed by atoms with van der Waals surface area (Å²) in [7, 11) is 1.78. The molecule has 1 fully saturated rings. The minimum Gasteiger partial charge on any atom is -0.350 e. The van der Waals surface area contributed by atoms with Crippen LogP contribution in [-0.4, -0.2) is 54.5 Å². The lowest BCUT2D eigenvalue weighted by molar-refractivity contribution is -0.130. The Morgan fingerprint density at radius 3 is 2.77 bits per heavy atom. The van der Waals surface area contributed by atoms with Crippen LogP contribution in [0.1, 0.15) is 32.6 Å². The quantitative estimate of drug-likeness (QED) is 0.664. The molecular formula is C25H33N5O. The van der Waals surface area contributed by atoms with E-state index in [4.69, 9.17) is 0 Å². The largest absolute Gasteiger partial charge is 0.350 e. The predicted octanol–water partition coefficient (Wildman–Crippen LogP) is 3.44. The molecule has 1 heterocycles. The Kier molecular flexibility index (Phi) is 7.58. The van der Waals surface area contributed by atoms with Crippen LogP contribution in [0.3, 0.4) is 0 Å². The molecule has 0 aromatic rings. The van der Waals surface area contributed by atoms with E-state index >= 15 is 0 Å². The molecule has 0 bridgehead atoms. The van der Waals surface area contributed by atoms with Crippen molar-refractivity contribution in [2.45, 2.75) is 44.7 Å². The maximum atomic E-state index is 13.2. The van der Waals surface area contributed by atoms with Crippen LogP contribution in [0.2, 0.25) is 0 Å². The lowest BCUT2D eigenvalue weighted by Gasteiger charge is -2.37. The number of hydrogen-bond donors (Lipinski definition) is 2. The highest BCUT2D eigenvalue weighted by Crippen LogP contribution is 2.25. The zero-order valence-corrected chi connectivity index (χ0v) is 18.7. The number of nitrogens with one attached hydrogen (secondary N) is 2. The molecule has 0 spiro atoms. The van der Waals surface area contributed by atoms with Gasteiger partial charge in [-0.3, -0.25) is 14.8 Å². The van der Waals surface area contributed by atoms with E-state index in [2.05, 4.69) is 52.5 Å². The summed E-state index contributed by atoms with van der Waals surface area (Å²) in [5, 5.41) is 6.76. The van der Waals surface area contributed by atoms with E-state index in [0.29, 0.717) is 29.7 Å². The summed E-state index contributed by atoms with van der Waals surface area (Å²) in [4.78, 5) is 23.6. The molecule has 6 heteroatoms. The summed E-state index contributed by atoms with van der Waals surface area (Å²) in [6, 6.07) is 0.590. The number of amides is 1. The van der Waals surface area contributed by atoms with Crippen LogP contribution in [0.15, 0.2) is 82.8 Å². The lowest BCUT2D eigenvalue weighted by Crippen LogP contribution is -2.48. The Labute approximate surface area is 185 Å². The zero-order valence-electron chi connectivity index (χ0n) is 18.7. The van der Waals surface area contributed by atoms with Crippen molar-refractivity contribution < 1.29 is 4.79 Å². The molecule has 6 nitrogen and oxygen atoms in total. The molecule has 0 aromatic carbocycles. The van der Waals surface area contributed by atoms with Gasteiger partial charge in [0.1, 0.15) is 5.70 Å². The third-order valence-corrected chi connectivity index (χ3v) is 6.01. The minimum absolute atomic E-state index is 0.00386. The Morgan fingerprint density at radius 2 is 2.10 bits per heavy atom. The number of likely N-dealkylation sites (N-methyl/N-ethyl adjacent to an activating group) is 1. The molecule has 0 radical (unpaired) electrons. The van der Waals surface area contributed by atoms with Crippen molar-refractivity contribution in [3.8, 4) is 0 Å². The van der Waals surface area contributed by atoms with Crippen molar-refractivity contribution in [1.82, 2.24) is 15.5 Å². The number of allylic oxidation sites excluding steroid dienone is 4. The van der Waals surface area contributed by atoms with Crippen molar-refractivity contribution in [2.24, 2.45) is 9.98 Å². The van der Waals surface area contributed by atoms with Gasteiger partial charge < -0.3 is 15.5 Å². The maximum Gasteiger partial charge on any atom is 0.270 e. The van der Waals surface area contributed by atoms with Gasteiger partial charge in [0.25, 0.3) is 5.91 Å². The summed E-state index contributed by atoms with van der Waals surface area (Å²) in [6.07, 6.45) is 13.6. The molecule has 1 aliphatic heterocycles. The van der Waals surface area contributed by atoms with Gasteiger partial charge in [0.05, 0.1) is 17.1 Å². The first-order valence-electron chi connectivity index (χ1n) is 10.9.